The second-order valence-corrected chi connectivity index (χ2v) is 11.4. The number of rotatable bonds is 9. The number of pyridine rings is 1. The molecule has 44 heavy (non-hydrogen) atoms. The van der Waals surface area contributed by atoms with Crippen molar-refractivity contribution >= 4 is 35.1 Å². The SMILES string of the molecule is C=C(C)C=C(C=CC)N(C(=O)C1CCC(=O)N1c1cc(C#N)ccn1)C(C(=O)NC1CCC(F)(F)CC1)c1ccccc1Cl. The summed E-state index contributed by atoms with van der Waals surface area (Å²) in [6.45, 7) is 7.45. The summed E-state index contributed by atoms with van der Waals surface area (Å²) >= 11 is 6.64. The van der Waals surface area contributed by atoms with Gasteiger partial charge in [-0.2, -0.15) is 5.26 Å². The van der Waals surface area contributed by atoms with E-state index in [0.29, 0.717) is 16.8 Å². The Kier molecular flexibility index (Phi) is 10.3. The van der Waals surface area contributed by atoms with E-state index in [1.807, 2.05) is 6.07 Å². The fourth-order valence-corrected chi connectivity index (χ4v) is 5.81. The third-order valence-corrected chi connectivity index (χ3v) is 7.98. The lowest BCUT2D eigenvalue weighted by Gasteiger charge is -2.37. The van der Waals surface area contributed by atoms with Crippen LogP contribution in [-0.4, -0.2) is 45.6 Å². The highest BCUT2D eigenvalue weighted by atomic mass is 35.5. The summed E-state index contributed by atoms with van der Waals surface area (Å²) in [5.74, 6) is -4.18. The van der Waals surface area contributed by atoms with Gasteiger partial charge in [0.2, 0.25) is 17.7 Å². The molecule has 0 radical (unpaired) electrons. The summed E-state index contributed by atoms with van der Waals surface area (Å²) < 4.78 is 27.8. The molecule has 2 atom stereocenters. The van der Waals surface area contributed by atoms with E-state index >= 15 is 0 Å². The maximum Gasteiger partial charge on any atom is 0.251 e. The Morgan fingerprint density at radius 2 is 1.95 bits per heavy atom. The smallest absolute Gasteiger partial charge is 0.251 e. The summed E-state index contributed by atoms with van der Waals surface area (Å²) in [6.07, 6.45) is 6.02. The van der Waals surface area contributed by atoms with E-state index in [-0.39, 0.29) is 60.8 Å². The van der Waals surface area contributed by atoms with Crippen LogP contribution in [0, 0.1) is 11.3 Å². The van der Waals surface area contributed by atoms with Crippen molar-refractivity contribution < 1.29 is 23.2 Å². The number of benzene rings is 1. The first-order valence-corrected chi connectivity index (χ1v) is 14.8. The summed E-state index contributed by atoms with van der Waals surface area (Å²) in [5.41, 5.74) is 1.49. The number of amides is 3. The molecule has 1 aliphatic carbocycles. The number of carbonyl (C=O) groups is 3. The average Bonchev–Trinajstić information content (AvgIpc) is 3.38. The number of alkyl halides is 2. The molecular formula is C33H34ClF2N5O3. The number of carbonyl (C=O) groups excluding carboxylic acids is 3. The van der Waals surface area contributed by atoms with E-state index in [0.717, 1.165) is 0 Å². The molecule has 1 aromatic heterocycles. The number of hydrogen-bond donors (Lipinski definition) is 1. The molecule has 3 amide bonds. The van der Waals surface area contributed by atoms with Crippen LogP contribution in [-0.2, 0) is 14.4 Å². The molecule has 1 aliphatic heterocycles. The van der Waals surface area contributed by atoms with Gasteiger partial charge in [-0.15, -0.1) is 0 Å². The van der Waals surface area contributed by atoms with Crippen molar-refractivity contribution in [1.82, 2.24) is 15.2 Å². The van der Waals surface area contributed by atoms with Gasteiger partial charge in [-0.3, -0.25) is 24.2 Å². The van der Waals surface area contributed by atoms with Gasteiger partial charge in [0.1, 0.15) is 17.9 Å². The molecule has 8 nitrogen and oxygen atoms in total. The lowest BCUT2D eigenvalue weighted by molar-refractivity contribution is -0.140. The van der Waals surface area contributed by atoms with Gasteiger partial charge in [-0.1, -0.05) is 48.0 Å². The number of halogens is 3. The highest BCUT2D eigenvalue weighted by molar-refractivity contribution is 6.31. The topological polar surface area (TPSA) is 106 Å². The summed E-state index contributed by atoms with van der Waals surface area (Å²) in [5, 5.41) is 12.5. The van der Waals surface area contributed by atoms with Gasteiger partial charge in [-0.25, -0.2) is 13.8 Å². The Balaban J connectivity index is 1.85. The first-order chi connectivity index (χ1) is 21.0. The molecule has 11 heteroatoms. The number of aromatic nitrogens is 1. The van der Waals surface area contributed by atoms with E-state index in [1.165, 1.54) is 28.1 Å². The summed E-state index contributed by atoms with van der Waals surface area (Å²) in [7, 11) is 0. The Morgan fingerprint density at radius 3 is 2.59 bits per heavy atom. The normalized spacial score (nSPS) is 19.5. The van der Waals surface area contributed by atoms with Gasteiger partial charge in [0, 0.05) is 47.8 Å². The van der Waals surface area contributed by atoms with E-state index in [4.69, 9.17) is 11.6 Å². The van der Waals surface area contributed by atoms with Gasteiger partial charge in [0.25, 0.3) is 5.91 Å². The molecule has 1 N–H and O–H groups in total. The molecule has 2 aromatic rings. The Morgan fingerprint density at radius 1 is 1.25 bits per heavy atom. The highest BCUT2D eigenvalue weighted by Gasteiger charge is 2.45. The van der Waals surface area contributed by atoms with Crippen LogP contribution in [0.25, 0.3) is 0 Å². The minimum absolute atomic E-state index is 0.0467. The van der Waals surface area contributed by atoms with Crippen LogP contribution in [0.4, 0.5) is 14.6 Å². The van der Waals surface area contributed by atoms with Crippen LogP contribution >= 0.6 is 11.6 Å². The maximum atomic E-state index is 14.7. The maximum absolute atomic E-state index is 14.7. The second-order valence-electron chi connectivity index (χ2n) is 11.0. The molecule has 4 rings (SSSR count). The number of nitriles is 1. The van der Waals surface area contributed by atoms with Crippen molar-refractivity contribution in [1.29, 1.82) is 5.26 Å². The number of nitrogens with one attached hydrogen (secondary N) is 1. The molecule has 1 aromatic carbocycles. The van der Waals surface area contributed by atoms with Crippen LogP contribution in [0.15, 0.2) is 78.7 Å². The molecule has 2 heterocycles. The highest BCUT2D eigenvalue weighted by Crippen LogP contribution is 2.37. The minimum Gasteiger partial charge on any atom is -0.351 e. The molecule has 230 valence electrons. The zero-order valence-corrected chi connectivity index (χ0v) is 25.4. The molecule has 0 spiro atoms. The van der Waals surface area contributed by atoms with Crippen molar-refractivity contribution in [2.45, 2.75) is 76.4 Å². The summed E-state index contributed by atoms with van der Waals surface area (Å²) in [4.78, 5) is 48.9. The van der Waals surface area contributed by atoms with Gasteiger partial charge < -0.3 is 5.32 Å². The fraction of sp³-hybridized carbons (Fsp3) is 0.364. The standard InChI is InChI=1S/C33H34ClF2N5O3/c1-4-7-24(18-21(2)3)40(32(44)27-10-11-29(42)41(27)28-19-22(20-37)14-17-38-28)30(25-8-5-6-9-26(25)34)31(43)39-23-12-15-33(35,36)16-13-23/h4-9,14,17-19,23,27,30H,2,10-13,15-16H2,1,3H3,(H,39,43). The molecule has 0 bridgehead atoms. The summed E-state index contributed by atoms with van der Waals surface area (Å²) in [6, 6.07) is 8.64. The molecule has 2 unspecified atom stereocenters. The minimum atomic E-state index is -2.79. The van der Waals surface area contributed by atoms with Crippen molar-refractivity contribution in [2.75, 3.05) is 4.90 Å². The number of hydrogen-bond acceptors (Lipinski definition) is 5. The second kappa shape index (κ2) is 14.0. The predicted molar refractivity (Wildman–Crippen MR) is 164 cm³/mol. The Labute approximate surface area is 260 Å². The fourth-order valence-electron chi connectivity index (χ4n) is 5.57. The number of anilines is 1. The van der Waals surface area contributed by atoms with Crippen LogP contribution in [0.3, 0.4) is 0 Å². The third-order valence-electron chi connectivity index (χ3n) is 7.64. The molecular weight excluding hydrogens is 588 g/mol. The third kappa shape index (κ3) is 7.40. The number of nitrogens with zero attached hydrogens (tertiary/aromatic N) is 4. The molecule has 2 fully saturated rings. The van der Waals surface area contributed by atoms with E-state index in [1.54, 1.807) is 56.3 Å². The van der Waals surface area contributed by atoms with E-state index in [2.05, 4.69) is 16.9 Å². The van der Waals surface area contributed by atoms with Gasteiger partial charge in [0.05, 0.1) is 11.6 Å². The quantitative estimate of drug-likeness (QED) is 0.326. The molecule has 1 saturated heterocycles. The largest absolute Gasteiger partial charge is 0.351 e. The van der Waals surface area contributed by atoms with Gasteiger partial charge in [0.15, 0.2) is 0 Å². The van der Waals surface area contributed by atoms with Crippen molar-refractivity contribution in [2.24, 2.45) is 0 Å². The first kappa shape index (κ1) is 32.6. The van der Waals surface area contributed by atoms with E-state index in [9.17, 15) is 28.4 Å². The zero-order valence-electron chi connectivity index (χ0n) is 24.6. The monoisotopic (exact) mass is 621 g/mol. The Hall–Kier alpha value is -4.36. The van der Waals surface area contributed by atoms with Crippen LogP contribution in [0.2, 0.25) is 5.02 Å². The van der Waals surface area contributed by atoms with Gasteiger partial charge in [-0.05, 0) is 63.5 Å². The van der Waals surface area contributed by atoms with Crippen molar-refractivity contribution in [3.8, 4) is 6.07 Å². The van der Waals surface area contributed by atoms with E-state index < -0.39 is 35.9 Å². The lowest BCUT2D eigenvalue weighted by atomic mass is 9.91. The van der Waals surface area contributed by atoms with Crippen molar-refractivity contribution in [3.63, 3.8) is 0 Å². The average molecular weight is 622 g/mol. The first-order valence-electron chi connectivity index (χ1n) is 14.4. The number of allylic oxidation sites excluding steroid dienone is 4. The predicted octanol–water partition coefficient (Wildman–Crippen LogP) is 6.40. The zero-order chi connectivity index (χ0) is 32.0. The Bertz CT molecular complexity index is 1540. The van der Waals surface area contributed by atoms with Crippen LogP contribution in [0.1, 0.15) is 69.5 Å². The van der Waals surface area contributed by atoms with Crippen LogP contribution < -0.4 is 10.2 Å². The van der Waals surface area contributed by atoms with Crippen LogP contribution in [0.5, 0.6) is 0 Å². The van der Waals surface area contributed by atoms with Crippen molar-refractivity contribution in [3.05, 3.63) is 94.8 Å². The molecule has 1 saturated carbocycles. The lowest BCUT2D eigenvalue weighted by Crippen LogP contribution is -2.52. The molecule has 2 aliphatic rings. The van der Waals surface area contributed by atoms with Gasteiger partial charge >= 0.3 is 0 Å².